The maximum atomic E-state index is 15.1. The lowest BCUT2D eigenvalue weighted by atomic mass is 9.64. The number of rotatable bonds is 5. The highest BCUT2D eigenvalue weighted by Gasteiger charge is 2.70. The number of allylic oxidation sites excluding steroid dienone is 1. The Hall–Kier alpha value is -5.37. The number of hydrogen-bond donors (Lipinski definition) is 1. The van der Waals surface area contributed by atoms with Crippen molar-refractivity contribution in [2.24, 2.45) is 5.92 Å². The lowest BCUT2D eigenvalue weighted by Gasteiger charge is -2.39. The van der Waals surface area contributed by atoms with E-state index in [2.05, 4.69) is 5.32 Å². The van der Waals surface area contributed by atoms with Crippen LogP contribution in [0.2, 0.25) is 0 Å². The zero-order valence-electron chi connectivity index (χ0n) is 24.1. The molecule has 8 rings (SSSR count). The van der Waals surface area contributed by atoms with E-state index in [9.17, 15) is 9.59 Å². The minimum absolute atomic E-state index is 0.0593. The van der Waals surface area contributed by atoms with Gasteiger partial charge in [-0.05, 0) is 60.5 Å². The number of benzene rings is 4. The van der Waals surface area contributed by atoms with Crippen molar-refractivity contribution in [3.05, 3.63) is 119 Å². The van der Waals surface area contributed by atoms with E-state index in [1.165, 1.54) is 0 Å². The highest BCUT2D eigenvalue weighted by atomic mass is 16.7. The van der Waals surface area contributed by atoms with Crippen molar-refractivity contribution in [2.75, 3.05) is 24.1 Å². The number of nitrogens with zero attached hydrogens (tertiary/aromatic N) is 1. The maximum absolute atomic E-state index is 15.1. The lowest BCUT2D eigenvalue weighted by molar-refractivity contribution is -0.121. The molecule has 0 aromatic heterocycles. The van der Waals surface area contributed by atoms with Crippen LogP contribution >= 0.6 is 0 Å². The molecule has 1 spiro atoms. The second-order valence-electron chi connectivity index (χ2n) is 11.5. The maximum Gasteiger partial charge on any atom is 0.238 e. The summed E-state index contributed by atoms with van der Waals surface area (Å²) in [6, 6.07) is 25.6. The van der Waals surface area contributed by atoms with Crippen molar-refractivity contribution in [3.8, 4) is 17.2 Å². The molecule has 4 aromatic carbocycles. The molecule has 218 valence electrons. The number of ether oxygens (including phenoxy) is 3. The Labute approximate surface area is 253 Å². The number of anilines is 2. The molecule has 0 unspecified atom stereocenters. The predicted octanol–water partition coefficient (Wildman–Crippen LogP) is 5.67. The molecule has 8 nitrogen and oxygen atoms in total. The number of nitrogens with one attached hydrogen (secondary N) is 1. The van der Waals surface area contributed by atoms with E-state index in [4.69, 9.17) is 14.2 Å². The molecule has 1 saturated heterocycles. The molecule has 4 aliphatic heterocycles. The van der Waals surface area contributed by atoms with E-state index in [0.717, 1.165) is 16.8 Å². The third-order valence-electron chi connectivity index (χ3n) is 9.45. The molecular weight excluding hydrogens is 556 g/mol. The van der Waals surface area contributed by atoms with Crippen LogP contribution in [0.25, 0.3) is 5.57 Å². The summed E-state index contributed by atoms with van der Waals surface area (Å²) in [5.74, 6) is -0.478. The number of carbonyl (C=O) groups is 3. The Morgan fingerprint density at radius 1 is 0.886 bits per heavy atom. The van der Waals surface area contributed by atoms with Gasteiger partial charge >= 0.3 is 0 Å². The van der Waals surface area contributed by atoms with Gasteiger partial charge in [0, 0.05) is 28.1 Å². The fourth-order valence-electron chi connectivity index (χ4n) is 7.56. The molecule has 1 amide bonds. The molecule has 4 atom stereocenters. The van der Waals surface area contributed by atoms with Crippen molar-refractivity contribution in [1.82, 2.24) is 0 Å². The first-order chi connectivity index (χ1) is 21.4. The van der Waals surface area contributed by atoms with Gasteiger partial charge in [0.25, 0.3) is 0 Å². The van der Waals surface area contributed by atoms with E-state index in [1.807, 2.05) is 66.4 Å². The lowest BCUT2D eigenvalue weighted by Crippen LogP contribution is -2.51. The van der Waals surface area contributed by atoms with Crippen LogP contribution in [-0.2, 0) is 10.2 Å². The Morgan fingerprint density at radius 3 is 2.52 bits per heavy atom. The van der Waals surface area contributed by atoms with Gasteiger partial charge in [-0.25, -0.2) is 0 Å². The van der Waals surface area contributed by atoms with Crippen LogP contribution < -0.4 is 24.4 Å². The Balaban J connectivity index is 1.42. The molecular formula is C36H28N2O6. The van der Waals surface area contributed by atoms with Gasteiger partial charge in [0.1, 0.15) is 17.2 Å². The summed E-state index contributed by atoms with van der Waals surface area (Å²) in [5.41, 5.74) is 3.39. The van der Waals surface area contributed by atoms with E-state index < -0.39 is 23.4 Å². The summed E-state index contributed by atoms with van der Waals surface area (Å²) in [6.45, 7) is 2.07. The first-order valence-electron chi connectivity index (χ1n) is 14.5. The largest absolute Gasteiger partial charge is 0.497 e. The van der Waals surface area contributed by atoms with Crippen molar-refractivity contribution in [2.45, 2.75) is 24.4 Å². The third kappa shape index (κ3) is 3.48. The average Bonchev–Trinajstić information content (AvgIpc) is 3.73. The van der Waals surface area contributed by atoms with Crippen LogP contribution in [0.1, 0.15) is 38.8 Å². The summed E-state index contributed by atoms with van der Waals surface area (Å²) in [5, 5.41) is 3.07. The van der Waals surface area contributed by atoms with E-state index >= 15 is 4.79 Å². The van der Waals surface area contributed by atoms with Gasteiger partial charge in [-0.1, -0.05) is 54.6 Å². The third-order valence-corrected chi connectivity index (χ3v) is 9.45. The molecule has 0 aliphatic carbocycles. The topological polar surface area (TPSA) is 94.2 Å². The Morgan fingerprint density at radius 2 is 1.66 bits per heavy atom. The van der Waals surface area contributed by atoms with Crippen LogP contribution in [0.5, 0.6) is 17.2 Å². The molecule has 0 saturated carbocycles. The number of methoxy groups -OCH3 is 1. The van der Waals surface area contributed by atoms with Crippen LogP contribution in [0.15, 0.2) is 97.1 Å². The summed E-state index contributed by atoms with van der Waals surface area (Å²) >= 11 is 0. The van der Waals surface area contributed by atoms with Crippen LogP contribution in [-0.4, -0.2) is 43.5 Å². The molecule has 1 fully saturated rings. The van der Waals surface area contributed by atoms with E-state index in [-0.39, 0.29) is 24.3 Å². The second kappa shape index (κ2) is 9.57. The molecule has 44 heavy (non-hydrogen) atoms. The van der Waals surface area contributed by atoms with Crippen molar-refractivity contribution >= 4 is 34.4 Å². The van der Waals surface area contributed by atoms with Gasteiger partial charge in [0.2, 0.25) is 12.7 Å². The number of para-hydroxylation sites is 2. The number of fused-ring (bicyclic) bond motifs is 7. The summed E-state index contributed by atoms with van der Waals surface area (Å²) in [6.07, 6.45) is 2.04. The number of amides is 1. The smallest absolute Gasteiger partial charge is 0.238 e. The minimum atomic E-state index is -1.40. The van der Waals surface area contributed by atoms with Crippen LogP contribution in [0, 0.1) is 5.92 Å². The quantitative estimate of drug-likeness (QED) is 0.302. The van der Waals surface area contributed by atoms with Crippen molar-refractivity contribution in [1.29, 1.82) is 0 Å². The van der Waals surface area contributed by atoms with Gasteiger partial charge in [0.15, 0.2) is 23.1 Å². The number of hydrogen-bond acceptors (Lipinski definition) is 7. The van der Waals surface area contributed by atoms with Crippen molar-refractivity contribution in [3.63, 3.8) is 0 Å². The molecule has 0 radical (unpaired) electrons. The summed E-state index contributed by atoms with van der Waals surface area (Å²) in [4.78, 5) is 46.5. The number of Topliss-reactive ketones (excluding diaryl/α,β-unsaturated/α-hetero) is 2. The van der Waals surface area contributed by atoms with Crippen LogP contribution in [0.3, 0.4) is 0 Å². The van der Waals surface area contributed by atoms with Gasteiger partial charge in [-0.15, -0.1) is 0 Å². The highest BCUT2D eigenvalue weighted by Crippen LogP contribution is 2.59. The molecule has 4 aliphatic rings. The molecule has 4 aromatic rings. The zero-order chi connectivity index (χ0) is 30.2. The van der Waals surface area contributed by atoms with E-state index in [0.29, 0.717) is 39.6 Å². The van der Waals surface area contributed by atoms with E-state index in [1.54, 1.807) is 49.6 Å². The first-order valence-corrected chi connectivity index (χ1v) is 14.5. The Bertz CT molecular complexity index is 1930. The summed E-state index contributed by atoms with van der Waals surface area (Å²) in [7, 11) is 1.55. The second-order valence-corrected chi connectivity index (χ2v) is 11.5. The summed E-state index contributed by atoms with van der Waals surface area (Å²) < 4.78 is 16.6. The normalized spacial score (nSPS) is 23.9. The minimum Gasteiger partial charge on any atom is -0.497 e. The SMILES string of the molecule is COc1cccc(C(=O)[C@H]2[C@@H](C(=O)c3ccc4c(c3)OCO4)[C@@]3(C(=O)Nc4ccccc43)[C@@H]3C=C(C)c4ccccc4N32)c1. The molecule has 0 bridgehead atoms. The molecule has 1 N–H and O–H groups in total. The van der Waals surface area contributed by atoms with Crippen molar-refractivity contribution < 1.29 is 28.6 Å². The zero-order valence-corrected chi connectivity index (χ0v) is 24.1. The standard InChI is InChI=1S/C36H28N2O6/c1-20-16-30-36(25-11-4-5-12-26(25)37-35(36)41)31(33(39)22-14-15-28-29(18-22)44-19-43-28)32(38(30)27-13-6-3-10-24(20)27)34(40)21-8-7-9-23(17-21)42-2/h3-18,30-32H,19H2,1-2H3,(H,37,41)/t30-,31-,32+,36-/m0/s1. The number of carbonyl (C=O) groups excluding carboxylic acids is 3. The van der Waals surface area contributed by atoms with Gasteiger partial charge in [-0.2, -0.15) is 0 Å². The Kier molecular flexibility index (Phi) is 5.71. The monoisotopic (exact) mass is 584 g/mol. The van der Waals surface area contributed by atoms with Crippen LogP contribution in [0.4, 0.5) is 11.4 Å². The average molecular weight is 585 g/mol. The van der Waals surface area contributed by atoms with Gasteiger partial charge in [-0.3, -0.25) is 14.4 Å². The van der Waals surface area contributed by atoms with Gasteiger partial charge < -0.3 is 24.4 Å². The highest BCUT2D eigenvalue weighted by molar-refractivity contribution is 6.18. The fourth-order valence-corrected chi connectivity index (χ4v) is 7.56. The first kappa shape index (κ1) is 26.3. The fraction of sp³-hybridized carbons (Fsp3) is 0.194. The molecule has 8 heteroatoms. The predicted molar refractivity (Wildman–Crippen MR) is 165 cm³/mol. The number of ketones is 2. The van der Waals surface area contributed by atoms with Gasteiger partial charge in [0.05, 0.1) is 19.1 Å². The molecule has 4 heterocycles.